The second-order valence-electron chi connectivity index (χ2n) is 5.00. The van der Waals surface area contributed by atoms with Gasteiger partial charge in [0.2, 0.25) is 5.88 Å². The van der Waals surface area contributed by atoms with Crippen LogP contribution in [0.3, 0.4) is 0 Å². The zero-order chi connectivity index (χ0) is 15.1. The average Bonchev–Trinajstić information content (AvgIpc) is 2.50. The maximum atomic E-state index is 5.90. The standard InChI is InChI=1S/C17H23N3O/c1-4-11-18-12-14-7-6-8-17(20-14)21-16-10-9-13(3)19-15(16)5-2/h6-10,18H,4-5,11-12H2,1-3H3. The van der Waals surface area contributed by atoms with Crippen molar-refractivity contribution in [1.82, 2.24) is 15.3 Å². The molecule has 0 aromatic carbocycles. The summed E-state index contributed by atoms with van der Waals surface area (Å²) in [4.78, 5) is 9.03. The van der Waals surface area contributed by atoms with E-state index in [-0.39, 0.29) is 0 Å². The molecule has 0 aliphatic rings. The molecule has 21 heavy (non-hydrogen) atoms. The summed E-state index contributed by atoms with van der Waals surface area (Å²) in [6.45, 7) is 7.97. The molecule has 0 saturated heterocycles. The number of aryl methyl sites for hydroxylation is 2. The highest BCUT2D eigenvalue weighted by Crippen LogP contribution is 2.23. The van der Waals surface area contributed by atoms with Crippen LogP contribution in [-0.4, -0.2) is 16.5 Å². The minimum absolute atomic E-state index is 0.617. The lowest BCUT2D eigenvalue weighted by molar-refractivity contribution is 0.451. The lowest BCUT2D eigenvalue weighted by Gasteiger charge is -2.10. The fourth-order valence-corrected chi connectivity index (χ4v) is 2.06. The molecule has 0 aliphatic heterocycles. The molecule has 1 N–H and O–H groups in total. The van der Waals surface area contributed by atoms with Gasteiger partial charge in [-0.15, -0.1) is 0 Å². The molecule has 112 valence electrons. The first kappa shape index (κ1) is 15.4. The highest BCUT2D eigenvalue weighted by molar-refractivity contribution is 5.33. The van der Waals surface area contributed by atoms with Crippen LogP contribution in [0.2, 0.25) is 0 Å². The topological polar surface area (TPSA) is 47.0 Å². The summed E-state index contributed by atoms with van der Waals surface area (Å²) in [7, 11) is 0. The first-order valence-corrected chi connectivity index (χ1v) is 7.54. The Bertz CT molecular complexity index is 584. The van der Waals surface area contributed by atoms with E-state index >= 15 is 0 Å². The third-order valence-electron chi connectivity index (χ3n) is 3.14. The first-order chi connectivity index (χ1) is 10.2. The van der Waals surface area contributed by atoms with Gasteiger partial charge in [-0.05, 0) is 44.5 Å². The minimum atomic E-state index is 0.617. The maximum absolute atomic E-state index is 5.90. The Morgan fingerprint density at radius 2 is 1.95 bits per heavy atom. The summed E-state index contributed by atoms with van der Waals surface area (Å²) in [6.07, 6.45) is 1.96. The molecule has 0 spiro atoms. The van der Waals surface area contributed by atoms with Crippen LogP contribution in [0, 0.1) is 6.92 Å². The van der Waals surface area contributed by atoms with Crippen LogP contribution in [0.5, 0.6) is 11.6 Å². The molecule has 0 fully saturated rings. The van der Waals surface area contributed by atoms with Gasteiger partial charge in [-0.1, -0.05) is 19.9 Å². The van der Waals surface area contributed by atoms with Crippen LogP contribution in [-0.2, 0) is 13.0 Å². The predicted molar refractivity (Wildman–Crippen MR) is 84.7 cm³/mol. The van der Waals surface area contributed by atoms with E-state index < -0.39 is 0 Å². The molecule has 0 aliphatic carbocycles. The van der Waals surface area contributed by atoms with Gasteiger partial charge in [-0.2, -0.15) is 0 Å². The van der Waals surface area contributed by atoms with Crippen molar-refractivity contribution >= 4 is 0 Å². The molecule has 2 aromatic heterocycles. The molecule has 0 bridgehead atoms. The van der Waals surface area contributed by atoms with E-state index in [1.54, 1.807) is 0 Å². The third kappa shape index (κ3) is 4.53. The molecule has 2 aromatic rings. The smallest absolute Gasteiger partial charge is 0.219 e. The van der Waals surface area contributed by atoms with Gasteiger partial charge in [-0.3, -0.25) is 4.98 Å². The number of nitrogens with one attached hydrogen (secondary N) is 1. The highest BCUT2D eigenvalue weighted by atomic mass is 16.5. The predicted octanol–water partition coefficient (Wildman–Crippen LogP) is 3.64. The molecule has 0 radical (unpaired) electrons. The van der Waals surface area contributed by atoms with Crippen molar-refractivity contribution in [2.45, 2.75) is 40.2 Å². The Hall–Kier alpha value is -1.94. The van der Waals surface area contributed by atoms with Crippen molar-refractivity contribution in [3.8, 4) is 11.6 Å². The second-order valence-corrected chi connectivity index (χ2v) is 5.00. The molecule has 0 atom stereocenters. The summed E-state index contributed by atoms with van der Waals surface area (Å²) >= 11 is 0. The molecule has 0 unspecified atom stereocenters. The zero-order valence-corrected chi connectivity index (χ0v) is 13.0. The number of nitrogens with zero attached hydrogens (tertiary/aromatic N) is 2. The fourth-order valence-electron chi connectivity index (χ4n) is 2.06. The monoisotopic (exact) mass is 285 g/mol. The van der Waals surface area contributed by atoms with Crippen molar-refractivity contribution < 1.29 is 4.74 Å². The number of hydrogen-bond acceptors (Lipinski definition) is 4. The van der Waals surface area contributed by atoms with E-state index in [1.165, 1.54) is 0 Å². The molecule has 0 saturated carbocycles. The molecule has 2 rings (SSSR count). The van der Waals surface area contributed by atoms with Crippen molar-refractivity contribution in [2.24, 2.45) is 0 Å². The SMILES string of the molecule is CCCNCc1cccc(Oc2ccc(C)nc2CC)n1. The van der Waals surface area contributed by atoms with E-state index in [9.17, 15) is 0 Å². The Balaban J connectivity index is 2.10. The summed E-state index contributed by atoms with van der Waals surface area (Å²) in [5, 5.41) is 3.34. The Labute approximate surface area is 126 Å². The van der Waals surface area contributed by atoms with Gasteiger partial charge in [0.15, 0.2) is 5.75 Å². The van der Waals surface area contributed by atoms with Crippen molar-refractivity contribution in [3.63, 3.8) is 0 Å². The van der Waals surface area contributed by atoms with Gasteiger partial charge < -0.3 is 10.1 Å². The van der Waals surface area contributed by atoms with E-state index in [0.29, 0.717) is 5.88 Å². The van der Waals surface area contributed by atoms with Gasteiger partial charge in [0.25, 0.3) is 0 Å². The first-order valence-electron chi connectivity index (χ1n) is 7.54. The van der Waals surface area contributed by atoms with Crippen LogP contribution in [0.25, 0.3) is 0 Å². The van der Waals surface area contributed by atoms with Gasteiger partial charge in [-0.25, -0.2) is 4.98 Å². The largest absolute Gasteiger partial charge is 0.437 e. The molecule has 4 nitrogen and oxygen atoms in total. The van der Waals surface area contributed by atoms with E-state index in [4.69, 9.17) is 4.74 Å². The molecule has 4 heteroatoms. The lowest BCUT2D eigenvalue weighted by atomic mass is 10.2. The van der Waals surface area contributed by atoms with Crippen molar-refractivity contribution in [3.05, 3.63) is 47.4 Å². The lowest BCUT2D eigenvalue weighted by Crippen LogP contribution is -2.14. The van der Waals surface area contributed by atoms with E-state index in [1.807, 2.05) is 37.3 Å². The molecule has 0 amide bonds. The number of rotatable bonds is 7. The summed E-state index contributed by atoms with van der Waals surface area (Å²) in [5.74, 6) is 1.40. The Kier molecular flexibility index (Phi) is 5.69. The Morgan fingerprint density at radius 1 is 1.10 bits per heavy atom. The summed E-state index contributed by atoms with van der Waals surface area (Å²) < 4.78 is 5.90. The van der Waals surface area contributed by atoms with E-state index in [2.05, 4.69) is 29.1 Å². The van der Waals surface area contributed by atoms with Crippen molar-refractivity contribution in [1.29, 1.82) is 0 Å². The molecule has 2 heterocycles. The number of ether oxygens (including phenoxy) is 1. The van der Waals surface area contributed by atoms with Crippen LogP contribution in [0.15, 0.2) is 30.3 Å². The summed E-state index contributed by atoms with van der Waals surface area (Å²) in [5.41, 5.74) is 2.95. The third-order valence-corrected chi connectivity index (χ3v) is 3.14. The van der Waals surface area contributed by atoms with Gasteiger partial charge in [0.05, 0.1) is 11.4 Å². The van der Waals surface area contributed by atoms with Crippen LogP contribution in [0.1, 0.15) is 37.4 Å². The number of hydrogen-bond donors (Lipinski definition) is 1. The van der Waals surface area contributed by atoms with Gasteiger partial charge in [0.1, 0.15) is 0 Å². The fraction of sp³-hybridized carbons (Fsp3) is 0.412. The Morgan fingerprint density at radius 3 is 2.71 bits per heavy atom. The average molecular weight is 285 g/mol. The van der Waals surface area contributed by atoms with Crippen LogP contribution < -0.4 is 10.1 Å². The second kappa shape index (κ2) is 7.74. The number of aromatic nitrogens is 2. The van der Waals surface area contributed by atoms with Crippen LogP contribution in [0.4, 0.5) is 0 Å². The highest BCUT2D eigenvalue weighted by Gasteiger charge is 2.07. The number of pyridine rings is 2. The van der Waals surface area contributed by atoms with Gasteiger partial charge >= 0.3 is 0 Å². The molecular formula is C17H23N3O. The quantitative estimate of drug-likeness (QED) is 0.789. The normalized spacial score (nSPS) is 10.6. The van der Waals surface area contributed by atoms with E-state index in [0.717, 1.165) is 48.8 Å². The molecular weight excluding hydrogens is 262 g/mol. The van der Waals surface area contributed by atoms with Gasteiger partial charge in [0, 0.05) is 18.3 Å². The minimum Gasteiger partial charge on any atom is -0.437 e. The van der Waals surface area contributed by atoms with Crippen LogP contribution >= 0.6 is 0 Å². The zero-order valence-electron chi connectivity index (χ0n) is 13.0. The maximum Gasteiger partial charge on any atom is 0.219 e. The summed E-state index contributed by atoms with van der Waals surface area (Å²) in [6, 6.07) is 9.77. The van der Waals surface area contributed by atoms with Crippen molar-refractivity contribution in [2.75, 3.05) is 6.54 Å².